The van der Waals surface area contributed by atoms with Gasteiger partial charge in [0.1, 0.15) is 0 Å². The standard InChI is InChI=1S/C14H21N3O2/c1-9-6-7-17(8-12(9)18)14(19)13-10-4-2-3-5-11(10)15-16-13/h9,12,18H,2-8H2,1H3,(H,15,16). The Morgan fingerprint density at radius 1 is 1.42 bits per heavy atom. The molecule has 0 saturated carbocycles. The van der Waals surface area contributed by atoms with Gasteiger partial charge in [-0.3, -0.25) is 9.89 Å². The largest absolute Gasteiger partial charge is 0.391 e. The number of fused-ring (bicyclic) bond motifs is 1. The van der Waals surface area contributed by atoms with E-state index in [-0.39, 0.29) is 11.8 Å². The SMILES string of the molecule is CC1CCN(C(=O)c2n[nH]c3c2CCCC3)CC1O. The lowest BCUT2D eigenvalue weighted by atomic mass is 9.93. The molecule has 1 saturated heterocycles. The summed E-state index contributed by atoms with van der Waals surface area (Å²) in [4.78, 5) is 14.3. The second-order valence-corrected chi connectivity index (χ2v) is 5.82. The fourth-order valence-corrected chi connectivity index (χ4v) is 3.04. The van der Waals surface area contributed by atoms with Gasteiger partial charge in [0.25, 0.3) is 5.91 Å². The van der Waals surface area contributed by atoms with Crippen molar-refractivity contribution in [2.75, 3.05) is 13.1 Å². The molecule has 1 aromatic heterocycles. The number of β-amino-alcohol motifs (C(OH)–C–C–N with tert-alkyl or cyclic N) is 1. The van der Waals surface area contributed by atoms with Crippen LogP contribution in [0.25, 0.3) is 0 Å². The van der Waals surface area contributed by atoms with Crippen LogP contribution >= 0.6 is 0 Å². The van der Waals surface area contributed by atoms with E-state index in [2.05, 4.69) is 10.2 Å². The minimum Gasteiger partial charge on any atom is -0.391 e. The minimum atomic E-state index is -0.410. The van der Waals surface area contributed by atoms with E-state index in [0.29, 0.717) is 12.2 Å². The summed E-state index contributed by atoms with van der Waals surface area (Å²) < 4.78 is 0. The summed E-state index contributed by atoms with van der Waals surface area (Å²) in [6, 6.07) is 0. The lowest BCUT2D eigenvalue weighted by Gasteiger charge is -2.34. The zero-order valence-corrected chi connectivity index (χ0v) is 11.4. The van der Waals surface area contributed by atoms with Crippen molar-refractivity contribution in [3.05, 3.63) is 17.0 Å². The fraction of sp³-hybridized carbons (Fsp3) is 0.714. The third-order valence-electron chi connectivity index (χ3n) is 4.46. The van der Waals surface area contributed by atoms with Crippen molar-refractivity contribution in [3.63, 3.8) is 0 Å². The number of nitrogens with one attached hydrogen (secondary N) is 1. The van der Waals surface area contributed by atoms with E-state index >= 15 is 0 Å². The summed E-state index contributed by atoms with van der Waals surface area (Å²) in [5, 5.41) is 17.1. The summed E-state index contributed by atoms with van der Waals surface area (Å²) in [7, 11) is 0. The van der Waals surface area contributed by atoms with Gasteiger partial charge in [0, 0.05) is 24.3 Å². The van der Waals surface area contributed by atoms with Gasteiger partial charge in [-0.15, -0.1) is 0 Å². The smallest absolute Gasteiger partial charge is 0.274 e. The molecule has 0 bridgehead atoms. The zero-order valence-electron chi connectivity index (χ0n) is 11.4. The van der Waals surface area contributed by atoms with E-state index < -0.39 is 6.10 Å². The molecule has 1 aliphatic heterocycles. The van der Waals surface area contributed by atoms with Crippen LogP contribution in [0.4, 0.5) is 0 Å². The van der Waals surface area contributed by atoms with Crippen molar-refractivity contribution in [1.29, 1.82) is 0 Å². The highest BCUT2D eigenvalue weighted by Gasteiger charge is 2.31. The Balaban J connectivity index is 1.79. The Morgan fingerprint density at radius 2 is 2.21 bits per heavy atom. The maximum absolute atomic E-state index is 12.5. The van der Waals surface area contributed by atoms with Crippen molar-refractivity contribution in [3.8, 4) is 0 Å². The number of H-pyrrole nitrogens is 1. The molecule has 2 atom stereocenters. The molecule has 0 radical (unpaired) electrons. The van der Waals surface area contributed by atoms with Crippen LogP contribution in [0.1, 0.15) is 47.9 Å². The molecule has 19 heavy (non-hydrogen) atoms. The maximum atomic E-state index is 12.5. The van der Waals surface area contributed by atoms with Gasteiger partial charge in [-0.1, -0.05) is 6.92 Å². The minimum absolute atomic E-state index is 0.0228. The first-order chi connectivity index (χ1) is 9.16. The highest BCUT2D eigenvalue weighted by molar-refractivity contribution is 5.94. The molecule has 0 aromatic carbocycles. The third kappa shape index (κ3) is 2.27. The van der Waals surface area contributed by atoms with Gasteiger partial charge in [-0.2, -0.15) is 5.10 Å². The molecule has 5 heteroatoms. The van der Waals surface area contributed by atoms with Gasteiger partial charge in [0.15, 0.2) is 5.69 Å². The van der Waals surface area contributed by atoms with Crippen LogP contribution in [0.2, 0.25) is 0 Å². The Kier molecular flexibility index (Phi) is 3.31. The number of rotatable bonds is 1. The number of aliphatic hydroxyl groups excluding tert-OH is 1. The van der Waals surface area contributed by atoms with E-state index in [0.717, 1.165) is 43.5 Å². The average Bonchev–Trinajstić information content (AvgIpc) is 2.85. The topological polar surface area (TPSA) is 69.2 Å². The van der Waals surface area contributed by atoms with Crippen molar-refractivity contribution < 1.29 is 9.90 Å². The Bertz CT molecular complexity index is 483. The number of carbonyl (C=O) groups is 1. The number of hydrogen-bond acceptors (Lipinski definition) is 3. The Labute approximate surface area is 113 Å². The monoisotopic (exact) mass is 263 g/mol. The molecule has 2 heterocycles. The number of piperidine rings is 1. The molecule has 0 spiro atoms. The molecule has 5 nitrogen and oxygen atoms in total. The number of aromatic amines is 1. The predicted molar refractivity (Wildman–Crippen MR) is 70.9 cm³/mol. The number of aromatic nitrogens is 2. The molecule has 2 unspecified atom stereocenters. The van der Waals surface area contributed by atoms with Crippen molar-refractivity contribution in [2.24, 2.45) is 5.92 Å². The molecule has 1 amide bonds. The van der Waals surface area contributed by atoms with E-state index in [9.17, 15) is 9.90 Å². The number of nitrogens with zero attached hydrogens (tertiary/aromatic N) is 2. The summed E-state index contributed by atoms with van der Waals surface area (Å²) in [5.41, 5.74) is 2.81. The number of likely N-dealkylation sites (tertiary alicyclic amines) is 1. The van der Waals surface area contributed by atoms with Crippen LogP contribution < -0.4 is 0 Å². The average molecular weight is 263 g/mol. The van der Waals surface area contributed by atoms with Gasteiger partial charge < -0.3 is 10.0 Å². The lowest BCUT2D eigenvalue weighted by Crippen LogP contribution is -2.46. The fourth-order valence-electron chi connectivity index (χ4n) is 3.04. The molecule has 2 aliphatic rings. The first kappa shape index (κ1) is 12.7. The van der Waals surface area contributed by atoms with E-state index in [1.165, 1.54) is 6.42 Å². The zero-order chi connectivity index (χ0) is 13.4. The Morgan fingerprint density at radius 3 is 3.00 bits per heavy atom. The summed E-state index contributed by atoms with van der Waals surface area (Å²) in [6.07, 6.45) is 4.69. The van der Waals surface area contributed by atoms with Crippen LogP contribution in [0, 0.1) is 5.92 Å². The molecular weight excluding hydrogens is 242 g/mol. The third-order valence-corrected chi connectivity index (χ3v) is 4.46. The molecule has 1 fully saturated rings. The Hall–Kier alpha value is -1.36. The van der Waals surface area contributed by atoms with Crippen LogP contribution in [0.5, 0.6) is 0 Å². The van der Waals surface area contributed by atoms with Crippen molar-refractivity contribution in [2.45, 2.75) is 45.1 Å². The van der Waals surface area contributed by atoms with Crippen molar-refractivity contribution in [1.82, 2.24) is 15.1 Å². The van der Waals surface area contributed by atoms with Crippen LogP contribution in [0.15, 0.2) is 0 Å². The first-order valence-corrected chi connectivity index (χ1v) is 7.20. The number of aliphatic hydroxyl groups is 1. The van der Waals surface area contributed by atoms with E-state index in [4.69, 9.17) is 0 Å². The number of hydrogen-bond donors (Lipinski definition) is 2. The summed E-state index contributed by atoms with van der Waals surface area (Å²) in [6.45, 7) is 3.18. The summed E-state index contributed by atoms with van der Waals surface area (Å²) >= 11 is 0. The second-order valence-electron chi connectivity index (χ2n) is 5.82. The molecular formula is C14H21N3O2. The number of aryl methyl sites for hydroxylation is 1. The van der Waals surface area contributed by atoms with Crippen LogP contribution in [-0.4, -0.2) is 45.3 Å². The van der Waals surface area contributed by atoms with Gasteiger partial charge >= 0.3 is 0 Å². The van der Waals surface area contributed by atoms with Gasteiger partial charge in [0.05, 0.1) is 6.10 Å². The molecule has 2 N–H and O–H groups in total. The van der Waals surface area contributed by atoms with Gasteiger partial charge in [-0.05, 0) is 38.0 Å². The van der Waals surface area contributed by atoms with Crippen LogP contribution in [0.3, 0.4) is 0 Å². The summed E-state index contributed by atoms with van der Waals surface area (Å²) in [5.74, 6) is 0.252. The molecule has 104 valence electrons. The van der Waals surface area contributed by atoms with E-state index in [1.54, 1.807) is 4.90 Å². The molecule has 3 rings (SSSR count). The van der Waals surface area contributed by atoms with Gasteiger partial charge in [-0.25, -0.2) is 0 Å². The highest BCUT2D eigenvalue weighted by atomic mass is 16.3. The maximum Gasteiger partial charge on any atom is 0.274 e. The van der Waals surface area contributed by atoms with Crippen molar-refractivity contribution >= 4 is 5.91 Å². The molecule has 1 aromatic rings. The number of amides is 1. The number of carbonyl (C=O) groups excluding carboxylic acids is 1. The molecule has 1 aliphatic carbocycles. The highest BCUT2D eigenvalue weighted by Crippen LogP contribution is 2.25. The van der Waals surface area contributed by atoms with Gasteiger partial charge in [0.2, 0.25) is 0 Å². The van der Waals surface area contributed by atoms with E-state index in [1.807, 2.05) is 6.92 Å². The normalized spacial score (nSPS) is 27.2. The quantitative estimate of drug-likeness (QED) is 0.798. The lowest BCUT2D eigenvalue weighted by molar-refractivity contribution is 0.0244. The predicted octanol–water partition coefficient (Wildman–Crippen LogP) is 1.13. The first-order valence-electron chi connectivity index (χ1n) is 7.20. The van der Waals surface area contributed by atoms with Crippen LogP contribution in [-0.2, 0) is 12.8 Å². The second kappa shape index (κ2) is 4.96.